The molecule has 1 atom stereocenters. The smallest absolute Gasteiger partial charge is 0.119 e. The molecule has 1 aromatic rings. The predicted octanol–water partition coefficient (Wildman–Crippen LogP) is 2.95. The molecular formula is C15H23NO. The van der Waals surface area contributed by atoms with Gasteiger partial charge in [0.2, 0.25) is 0 Å². The molecule has 0 aliphatic carbocycles. The Morgan fingerprint density at radius 3 is 2.76 bits per heavy atom. The molecule has 0 spiro atoms. The van der Waals surface area contributed by atoms with Crippen LogP contribution < -0.4 is 5.32 Å². The normalized spacial score (nSPS) is 20.5. The van der Waals surface area contributed by atoms with E-state index in [1.807, 2.05) is 6.07 Å². The third-order valence-electron chi connectivity index (χ3n) is 3.80. The van der Waals surface area contributed by atoms with Crippen molar-refractivity contribution in [2.24, 2.45) is 0 Å². The summed E-state index contributed by atoms with van der Waals surface area (Å²) in [6.07, 6.45) is 5.93. The van der Waals surface area contributed by atoms with Gasteiger partial charge in [0.1, 0.15) is 5.75 Å². The van der Waals surface area contributed by atoms with Crippen molar-refractivity contribution in [3.63, 3.8) is 0 Å². The molecule has 2 nitrogen and oxygen atoms in total. The molecule has 1 heterocycles. The number of hydrogen-bond acceptors (Lipinski definition) is 2. The van der Waals surface area contributed by atoms with E-state index in [2.05, 4.69) is 25.2 Å². The molecule has 0 amide bonds. The van der Waals surface area contributed by atoms with Crippen molar-refractivity contribution in [3.05, 3.63) is 28.8 Å². The summed E-state index contributed by atoms with van der Waals surface area (Å²) in [7, 11) is 0. The number of piperidine rings is 1. The summed E-state index contributed by atoms with van der Waals surface area (Å²) in [4.78, 5) is 0. The van der Waals surface area contributed by atoms with Crippen molar-refractivity contribution in [1.29, 1.82) is 0 Å². The van der Waals surface area contributed by atoms with Crippen LogP contribution in [0, 0.1) is 6.92 Å². The van der Waals surface area contributed by atoms with Crippen LogP contribution in [0.4, 0.5) is 0 Å². The number of phenolic OH excluding ortho intramolecular Hbond substituents is 1. The van der Waals surface area contributed by atoms with Crippen molar-refractivity contribution in [3.8, 4) is 5.75 Å². The molecule has 0 aromatic heterocycles. The van der Waals surface area contributed by atoms with E-state index in [1.54, 1.807) is 0 Å². The van der Waals surface area contributed by atoms with Gasteiger partial charge in [0.25, 0.3) is 0 Å². The molecule has 1 unspecified atom stereocenters. The second-order valence-corrected chi connectivity index (χ2v) is 5.11. The molecular weight excluding hydrogens is 210 g/mol. The van der Waals surface area contributed by atoms with Gasteiger partial charge < -0.3 is 10.4 Å². The Labute approximate surface area is 104 Å². The molecule has 0 bridgehead atoms. The third-order valence-corrected chi connectivity index (χ3v) is 3.80. The highest BCUT2D eigenvalue weighted by molar-refractivity contribution is 5.41. The second kappa shape index (κ2) is 5.54. The van der Waals surface area contributed by atoms with Gasteiger partial charge in [-0.1, -0.05) is 19.4 Å². The van der Waals surface area contributed by atoms with Crippen LogP contribution in [-0.2, 0) is 12.8 Å². The molecule has 2 N–H and O–H groups in total. The van der Waals surface area contributed by atoms with Crippen molar-refractivity contribution in [1.82, 2.24) is 5.32 Å². The number of hydrogen-bond donors (Lipinski definition) is 2. The lowest BCUT2D eigenvalue weighted by molar-refractivity contribution is 0.398. The second-order valence-electron chi connectivity index (χ2n) is 5.11. The Morgan fingerprint density at radius 1 is 1.29 bits per heavy atom. The lowest BCUT2D eigenvalue weighted by Crippen LogP contribution is -2.35. The first-order valence-electron chi connectivity index (χ1n) is 6.75. The summed E-state index contributed by atoms with van der Waals surface area (Å²) >= 11 is 0. The highest BCUT2D eigenvalue weighted by atomic mass is 16.3. The Morgan fingerprint density at radius 2 is 2.12 bits per heavy atom. The molecule has 94 valence electrons. The molecule has 1 aromatic carbocycles. The van der Waals surface area contributed by atoms with Gasteiger partial charge in [-0.3, -0.25) is 0 Å². The summed E-state index contributed by atoms with van der Waals surface area (Å²) in [6.45, 7) is 5.34. The van der Waals surface area contributed by atoms with Crippen LogP contribution in [0.15, 0.2) is 12.1 Å². The monoisotopic (exact) mass is 233 g/mol. The largest absolute Gasteiger partial charge is 0.508 e. The van der Waals surface area contributed by atoms with Crippen LogP contribution in [-0.4, -0.2) is 17.7 Å². The van der Waals surface area contributed by atoms with E-state index in [-0.39, 0.29) is 0 Å². The number of nitrogens with one attached hydrogen (secondary N) is 1. The number of rotatable bonds is 3. The Balaban J connectivity index is 2.13. The Kier molecular flexibility index (Phi) is 4.06. The molecule has 2 rings (SSSR count). The maximum Gasteiger partial charge on any atom is 0.119 e. The van der Waals surface area contributed by atoms with E-state index in [0.29, 0.717) is 11.8 Å². The van der Waals surface area contributed by atoms with E-state index in [9.17, 15) is 5.11 Å². The van der Waals surface area contributed by atoms with Gasteiger partial charge in [-0.15, -0.1) is 0 Å². The first-order chi connectivity index (χ1) is 8.20. The lowest BCUT2D eigenvalue weighted by Gasteiger charge is -2.24. The molecule has 17 heavy (non-hydrogen) atoms. The Bertz CT molecular complexity index is 381. The molecule has 2 heteroatoms. The van der Waals surface area contributed by atoms with E-state index in [0.717, 1.165) is 24.9 Å². The fourth-order valence-electron chi connectivity index (χ4n) is 2.66. The van der Waals surface area contributed by atoms with Gasteiger partial charge in [0.05, 0.1) is 0 Å². The zero-order valence-corrected chi connectivity index (χ0v) is 10.9. The number of phenols is 1. The average Bonchev–Trinajstić information content (AvgIpc) is 2.34. The topological polar surface area (TPSA) is 32.3 Å². The summed E-state index contributed by atoms with van der Waals surface area (Å²) in [5.74, 6) is 0.449. The minimum absolute atomic E-state index is 0.449. The zero-order chi connectivity index (χ0) is 12.3. The Hall–Kier alpha value is -1.02. The maximum atomic E-state index is 9.81. The fraction of sp³-hybridized carbons (Fsp3) is 0.600. The standard InChI is InChI=1S/C15H23NO/c1-3-12-9-13(11(2)8-15(12)17)10-14-6-4-5-7-16-14/h8-9,14,16-17H,3-7,10H2,1-2H3. The highest BCUT2D eigenvalue weighted by Crippen LogP contribution is 2.24. The molecule has 0 radical (unpaired) electrons. The van der Waals surface area contributed by atoms with Crippen LogP contribution >= 0.6 is 0 Å². The summed E-state index contributed by atoms with van der Waals surface area (Å²) < 4.78 is 0. The number of aryl methyl sites for hydroxylation is 2. The molecule has 1 saturated heterocycles. The lowest BCUT2D eigenvalue weighted by atomic mass is 9.93. The molecule has 0 saturated carbocycles. The highest BCUT2D eigenvalue weighted by Gasteiger charge is 2.15. The van der Waals surface area contributed by atoms with Crippen molar-refractivity contribution < 1.29 is 5.11 Å². The summed E-state index contributed by atoms with van der Waals surface area (Å²) in [6, 6.07) is 4.72. The number of aromatic hydroxyl groups is 1. The van der Waals surface area contributed by atoms with Gasteiger partial charge in [0, 0.05) is 6.04 Å². The predicted molar refractivity (Wildman–Crippen MR) is 71.6 cm³/mol. The minimum atomic E-state index is 0.449. The average molecular weight is 233 g/mol. The van der Waals surface area contributed by atoms with Gasteiger partial charge in [-0.05, 0) is 61.9 Å². The third kappa shape index (κ3) is 3.01. The zero-order valence-electron chi connectivity index (χ0n) is 10.9. The summed E-state index contributed by atoms with van der Waals surface area (Å²) in [5, 5.41) is 13.4. The SMILES string of the molecule is CCc1cc(CC2CCCCN2)c(C)cc1O. The van der Waals surface area contributed by atoms with Crippen LogP contribution in [0.2, 0.25) is 0 Å². The van der Waals surface area contributed by atoms with Crippen LogP contribution in [0.25, 0.3) is 0 Å². The van der Waals surface area contributed by atoms with Crippen LogP contribution in [0.3, 0.4) is 0 Å². The van der Waals surface area contributed by atoms with Gasteiger partial charge in [-0.2, -0.15) is 0 Å². The fourth-order valence-corrected chi connectivity index (χ4v) is 2.66. The van der Waals surface area contributed by atoms with E-state index in [4.69, 9.17) is 0 Å². The van der Waals surface area contributed by atoms with E-state index < -0.39 is 0 Å². The van der Waals surface area contributed by atoms with Crippen LogP contribution in [0.1, 0.15) is 42.9 Å². The van der Waals surface area contributed by atoms with E-state index in [1.165, 1.54) is 30.4 Å². The quantitative estimate of drug-likeness (QED) is 0.841. The minimum Gasteiger partial charge on any atom is -0.508 e. The van der Waals surface area contributed by atoms with Crippen LogP contribution in [0.5, 0.6) is 5.75 Å². The van der Waals surface area contributed by atoms with Gasteiger partial charge >= 0.3 is 0 Å². The van der Waals surface area contributed by atoms with Gasteiger partial charge in [0.15, 0.2) is 0 Å². The van der Waals surface area contributed by atoms with Crippen molar-refractivity contribution >= 4 is 0 Å². The van der Waals surface area contributed by atoms with Gasteiger partial charge in [-0.25, -0.2) is 0 Å². The van der Waals surface area contributed by atoms with Crippen molar-refractivity contribution in [2.75, 3.05) is 6.54 Å². The number of benzene rings is 1. The first kappa shape index (κ1) is 12.4. The molecule has 1 aliphatic heterocycles. The maximum absolute atomic E-state index is 9.81. The molecule has 1 fully saturated rings. The summed E-state index contributed by atoms with van der Waals surface area (Å²) in [5.41, 5.74) is 3.67. The first-order valence-corrected chi connectivity index (χ1v) is 6.75. The molecule has 1 aliphatic rings. The van der Waals surface area contributed by atoms with E-state index >= 15 is 0 Å². The van der Waals surface area contributed by atoms with Crippen molar-refractivity contribution in [2.45, 2.75) is 52.0 Å².